The number of benzene rings is 1. The predicted molar refractivity (Wildman–Crippen MR) is 88.7 cm³/mol. The molecule has 0 saturated carbocycles. The largest absolute Gasteiger partial charge is 0.486 e. The van der Waals surface area contributed by atoms with E-state index in [-0.39, 0.29) is 11.4 Å². The first-order valence-electron chi connectivity index (χ1n) is 8.62. The highest BCUT2D eigenvalue weighted by Crippen LogP contribution is 2.38. The third-order valence-corrected chi connectivity index (χ3v) is 4.72. The molecule has 0 bridgehead atoms. The highest BCUT2D eigenvalue weighted by molar-refractivity contribution is 5.99. The Labute approximate surface area is 133 Å². The summed E-state index contributed by atoms with van der Waals surface area (Å²) in [7, 11) is 0. The zero-order valence-corrected chi connectivity index (χ0v) is 13.9. The fourth-order valence-corrected chi connectivity index (χ4v) is 3.62. The van der Waals surface area contributed by atoms with Gasteiger partial charge in [-0.15, -0.1) is 0 Å². The van der Waals surface area contributed by atoms with Crippen molar-refractivity contribution in [1.82, 2.24) is 4.90 Å². The highest BCUT2D eigenvalue weighted by atomic mass is 16.5. The maximum absolute atomic E-state index is 12.6. The second kappa shape index (κ2) is 6.41. The van der Waals surface area contributed by atoms with Crippen molar-refractivity contribution in [3.63, 3.8) is 0 Å². The van der Waals surface area contributed by atoms with Crippen LogP contribution in [-0.4, -0.2) is 35.9 Å². The van der Waals surface area contributed by atoms with Gasteiger partial charge in [0.05, 0.1) is 5.56 Å². The number of hydrogen-bond donors (Lipinski definition) is 0. The summed E-state index contributed by atoms with van der Waals surface area (Å²) in [6.07, 6.45) is 6.44. The minimum Gasteiger partial charge on any atom is -0.486 e. The quantitative estimate of drug-likeness (QED) is 0.774. The predicted octanol–water partition coefficient (Wildman–Crippen LogP) is 3.85. The molecule has 1 fully saturated rings. The Hall–Kier alpha value is -1.35. The van der Waals surface area contributed by atoms with Gasteiger partial charge in [-0.2, -0.15) is 0 Å². The molecule has 0 atom stereocenters. The van der Waals surface area contributed by atoms with Crippen LogP contribution in [0.5, 0.6) is 5.75 Å². The maximum atomic E-state index is 12.6. The average Bonchev–Trinajstić information content (AvgIpc) is 2.81. The van der Waals surface area contributed by atoms with Crippen molar-refractivity contribution < 1.29 is 9.53 Å². The molecule has 120 valence electrons. The smallest absolute Gasteiger partial charge is 0.166 e. The van der Waals surface area contributed by atoms with Crippen molar-refractivity contribution in [2.45, 2.75) is 58.0 Å². The van der Waals surface area contributed by atoms with E-state index in [0.717, 1.165) is 30.7 Å². The molecule has 1 aromatic rings. The van der Waals surface area contributed by atoms with Crippen LogP contribution in [0.15, 0.2) is 18.2 Å². The topological polar surface area (TPSA) is 29.5 Å². The number of piperidine rings is 1. The lowest BCUT2D eigenvalue weighted by molar-refractivity contribution is 0.0959. The summed E-state index contributed by atoms with van der Waals surface area (Å²) in [4.78, 5) is 15.1. The third-order valence-electron chi connectivity index (χ3n) is 4.72. The van der Waals surface area contributed by atoms with Gasteiger partial charge in [0.2, 0.25) is 0 Å². The monoisotopic (exact) mass is 301 g/mol. The van der Waals surface area contributed by atoms with Crippen LogP contribution < -0.4 is 4.74 Å². The molecule has 3 rings (SSSR count). The van der Waals surface area contributed by atoms with Gasteiger partial charge in [-0.05, 0) is 64.4 Å². The normalized spacial score (nSPS) is 20.5. The summed E-state index contributed by atoms with van der Waals surface area (Å²) in [6, 6.07) is 5.99. The summed E-state index contributed by atoms with van der Waals surface area (Å²) in [5.41, 5.74) is 1.76. The van der Waals surface area contributed by atoms with Crippen LogP contribution in [0, 0.1) is 0 Å². The van der Waals surface area contributed by atoms with E-state index in [4.69, 9.17) is 4.74 Å². The summed E-state index contributed by atoms with van der Waals surface area (Å²) >= 11 is 0. The summed E-state index contributed by atoms with van der Waals surface area (Å²) < 4.78 is 6.01. The number of fused-ring (bicyclic) bond motifs is 1. The number of nitrogens with zero attached hydrogens (tertiary/aromatic N) is 1. The maximum Gasteiger partial charge on any atom is 0.166 e. The van der Waals surface area contributed by atoms with Gasteiger partial charge in [-0.1, -0.05) is 18.6 Å². The Morgan fingerprint density at radius 2 is 2.00 bits per heavy atom. The third kappa shape index (κ3) is 3.52. The van der Waals surface area contributed by atoms with Crippen molar-refractivity contribution in [1.29, 1.82) is 0 Å². The van der Waals surface area contributed by atoms with Gasteiger partial charge < -0.3 is 9.64 Å². The molecule has 1 aromatic carbocycles. The Bertz CT molecular complexity index is 544. The second-order valence-corrected chi connectivity index (χ2v) is 7.26. The van der Waals surface area contributed by atoms with Gasteiger partial charge in [0, 0.05) is 12.8 Å². The van der Waals surface area contributed by atoms with Crippen molar-refractivity contribution in [2.75, 3.05) is 19.6 Å². The van der Waals surface area contributed by atoms with E-state index >= 15 is 0 Å². The lowest BCUT2D eigenvalue weighted by atomic mass is 9.98. The van der Waals surface area contributed by atoms with E-state index < -0.39 is 0 Å². The Morgan fingerprint density at radius 1 is 1.23 bits per heavy atom. The molecule has 2 aliphatic rings. The van der Waals surface area contributed by atoms with Crippen molar-refractivity contribution in [3.05, 3.63) is 29.3 Å². The molecule has 0 spiro atoms. The molecule has 3 heteroatoms. The molecule has 0 N–H and O–H groups in total. The van der Waals surface area contributed by atoms with Gasteiger partial charge in [0.25, 0.3) is 0 Å². The number of rotatable bonds is 5. The van der Waals surface area contributed by atoms with Crippen molar-refractivity contribution in [3.8, 4) is 5.75 Å². The molecule has 3 nitrogen and oxygen atoms in total. The van der Waals surface area contributed by atoms with Gasteiger partial charge in [-0.25, -0.2) is 0 Å². The second-order valence-electron chi connectivity index (χ2n) is 7.26. The van der Waals surface area contributed by atoms with Crippen LogP contribution in [0.25, 0.3) is 0 Å². The van der Waals surface area contributed by atoms with Crippen LogP contribution >= 0.6 is 0 Å². The molecular formula is C19H27NO2. The number of ether oxygens (including phenoxy) is 1. The zero-order valence-electron chi connectivity index (χ0n) is 13.9. The number of Topliss-reactive ketones (excluding diaryl/α,β-unsaturated/α-hetero) is 1. The fourth-order valence-electron chi connectivity index (χ4n) is 3.62. The van der Waals surface area contributed by atoms with Crippen LogP contribution in [-0.2, 0) is 6.42 Å². The van der Waals surface area contributed by atoms with Crippen LogP contribution in [0.1, 0.15) is 61.9 Å². The molecule has 2 aliphatic heterocycles. The lowest BCUT2D eigenvalue weighted by Crippen LogP contribution is -2.30. The SMILES string of the molecule is CC1(C)Cc2cccc(C(=O)CCCN3CCCCC3)c2O1. The number of likely N-dealkylation sites (tertiary alicyclic amines) is 1. The van der Waals surface area contributed by atoms with Crippen LogP contribution in [0.2, 0.25) is 0 Å². The first-order valence-corrected chi connectivity index (χ1v) is 8.62. The van der Waals surface area contributed by atoms with Crippen LogP contribution in [0.3, 0.4) is 0 Å². The molecule has 22 heavy (non-hydrogen) atoms. The average molecular weight is 301 g/mol. The number of hydrogen-bond acceptors (Lipinski definition) is 3. The van der Waals surface area contributed by atoms with E-state index in [1.807, 2.05) is 12.1 Å². The van der Waals surface area contributed by atoms with Gasteiger partial charge in [0.1, 0.15) is 11.4 Å². The number of carbonyl (C=O) groups excluding carboxylic acids is 1. The molecule has 0 radical (unpaired) electrons. The van der Waals surface area contributed by atoms with Crippen molar-refractivity contribution >= 4 is 5.78 Å². The van der Waals surface area contributed by atoms with Gasteiger partial charge in [0.15, 0.2) is 5.78 Å². The van der Waals surface area contributed by atoms with E-state index in [9.17, 15) is 4.79 Å². The Balaban J connectivity index is 1.58. The Morgan fingerprint density at radius 3 is 2.77 bits per heavy atom. The lowest BCUT2D eigenvalue weighted by Gasteiger charge is -2.26. The number of para-hydroxylation sites is 1. The van der Waals surface area contributed by atoms with E-state index in [1.165, 1.54) is 37.9 Å². The zero-order chi connectivity index (χ0) is 15.6. The molecule has 0 aromatic heterocycles. The first kappa shape index (κ1) is 15.5. The molecule has 2 heterocycles. The summed E-state index contributed by atoms with van der Waals surface area (Å²) in [5.74, 6) is 1.06. The first-order chi connectivity index (χ1) is 10.6. The summed E-state index contributed by atoms with van der Waals surface area (Å²) in [6.45, 7) is 7.61. The molecular weight excluding hydrogens is 274 g/mol. The minimum atomic E-state index is -0.188. The van der Waals surface area contributed by atoms with Crippen LogP contribution in [0.4, 0.5) is 0 Å². The van der Waals surface area contributed by atoms with Crippen molar-refractivity contribution in [2.24, 2.45) is 0 Å². The molecule has 1 saturated heterocycles. The van der Waals surface area contributed by atoms with E-state index in [1.54, 1.807) is 0 Å². The highest BCUT2D eigenvalue weighted by Gasteiger charge is 2.32. The molecule has 0 unspecified atom stereocenters. The molecule has 0 aliphatic carbocycles. The number of ketones is 1. The van der Waals surface area contributed by atoms with E-state index in [0.29, 0.717) is 6.42 Å². The van der Waals surface area contributed by atoms with Gasteiger partial charge in [-0.3, -0.25) is 4.79 Å². The van der Waals surface area contributed by atoms with Gasteiger partial charge >= 0.3 is 0 Å². The standard InChI is InChI=1S/C19H27NO2/c1-19(2)14-15-8-6-9-16(18(15)22-19)17(21)10-7-13-20-11-4-3-5-12-20/h6,8-9H,3-5,7,10-14H2,1-2H3. The van der Waals surface area contributed by atoms with E-state index in [2.05, 4.69) is 24.8 Å². The summed E-state index contributed by atoms with van der Waals surface area (Å²) in [5, 5.41) is 0. The minimum absolute atomic E-state index is 0.188. The Kier molecular flexibility index (Phi) is 4.53. The molecule has 0 amide bonds. The number of carbonyl (C=O) groups is 1. The fraction of sp³-hybridized carbons (Fsp3) is 0.632.